The molecule has 0 unspecified atom stereocenters. The van der Waals surface area contributed by atoms with Gasteiger partial charge in [0.25, 0.3) is 0 Å². The highest BCUT2D eigenvalue weighted by Gasteiger charge is 2.25. The SMILES string of the molecule is Nc1ccc(N=C2CCCC(=O)/C2=C(/O)Cc2cccc3ccccc23)cc1. The maximum Gasteiger partial charge on any atom is 0.168 e. The van der Waals surface area contributed by atoms with Crippen LogP contribution < -0.4 is 5.73 Å². The first-order chi connectivity index (χ1) is 13.6. The highest BCUT2D eigenvalue weighted by Crippen LogP contribution is 2.27. The Bertz CT molecular complexity index is 1090. The van der Waals surface area contributed by atoms with E-state index in [0.29, 0.717) is 36.2 Å². The molecule has 140 valence electrons. The Morgan fingerprint density at radius 3 is 2.54 bits per heavy atom. The number of nitrogens with zero attached hydrogens (tertiary/aromatic N) is 1. The predicted molar refractivity (Wildman–Crippen MR) is 114 cm³/mol. The van der Waals surface area contributed by atoms with Crippen molar-refractivity contribution in [2.45, 2.75) is 25.7 Å². The molecule has 3 N–H and O–H groups in total. The van der Waals surface area contributed by atoms with Crippen LogP contribution >= 0.6 is 0 Å². The standard InChI is InChI=1S/C24H22N2O2/c25-18-11-13-19(14-12-18)26-21-9-4-10-22(27)24(21)23(28)15-17-7-3-6-16-5-1-2-8-20(16)17/h1-3,5-8,11-14,28H,4,9-10,15,25H2/b24-23+,26-21?. The van der Waals surface area contributed by atoms with Gasteiger partial charge in [0.05, 0.1) is 17.0 Å². The summed E-state index contributed by atoms with van der Waals surface area (Å²) in [5.74, 6) is 0.0495. The summed E-state index contributed by atoms with van der Waals surface area (Å²) >= 11 is 0. The van der Waals surface area contributed by atoms with Crippen molar-refractivity contribution in [2.75, 3.05) is 5.73 Å². The molecular formula is C24H22N2O2. The monoisotopic (exact) mass is 370 g/mol. The molecule has 1 aliphatic carbocycles. The van der Waals surface area contributed by atoms with Crippen LogP contribution in [0.15, 0.2) is 83.1 Å². The van der Waals surface area contributed by atoms with Crippen LogP contribution in [0.25, 0.3) is 10.8 Å². The zero-order valence-corrected chi connectivity index (χ0v) is 15.6. The number of carbonyl (C=O) groups is 1. The van der Waals surface area contributed by atoms with Gasteiger partial charge >= 0.3 is 0 Å². The van der Waals surface area contributed by atoms with E-state index in [1.807, 2.05) is 54.6 Å². The Labute approximate surface area is 164 Å². The average Bonchev–Trinajstić information content (AvgIpc) is 2.70. The number of carbonyl (C=O) groups excluding carboxylic acids is 1. The van der Waals surface area contributed by atoms with Crippen LogP contribution in [0.1, 0.15) is 24.8 Å². The van der Waals surface area contributed by atoms with Gasteiger partial charge < -0.3 is 10.8 Å². The van der Waals surface area contributed by atoms with E-state index in [9.17, 15) is 9.90 Å². The van der Waals surface area contributed by atoms with Crippen LogP contribution in [-0.4, -0.2) is 16.6 Å². The minimum absolute atomic E-state index is 0.0434. The molecule has 0 radical (unpaired) electrons. The second-order valence-electron chi connectivity index (χ2n) is 7.06. The topological polar surface area (TPSA) is 75.7 Å². The Hall–Kier alpha value is -3.40. The third kappa shape index (κ3) is 3.67. The maximum absolute atomic E-state index is 12.6. The predicted octanol–water partition coefficient (Wildman–Crippen LogP) is 5.30. The fourth-order valence-electron chi connectivity index (χ4n) is 3.69. The number of nitrogen functional groups attached to an aromatic ring is 1. The lowest BCUT2D eigenvalue weighted by Crippen LogP contribution is -2.21. The number of aliphatic imine (C=N–C) groups is 1. The smallest absolute Gasteiger partial charge is 0.168 e. The van der Waals surface area contributed by atoms with E-state index in [4.69, 9.17) is 5.73 Å². The molecule has 0 saturated heterocycles. The maximum atomic E-state index is 12.6. The van der Waals surface area contributed by atoms with Crippen molar-refractivity contribution in [1.29, 1.82) is 0 Å². The second kappa shape index (κ2) is 7.69. The van der Waals surface area contributed by atoms with Gasteiger partial charge in [0.2, 0.25) is 0 Å². The summed E-state index contributed by atoms with van der Waals surface area (Å²) in [5.41, 5.74) is 9.15. The van der Waals surface area contributed by atoms with Crippen molar-refractivity contribution in [2.24, 2.45) is 4.99 Å². The number of nitrogens with two attached hydrogens (primary N) is 1. The number of aliphatic hydroxyl groups excluding tert-OH is 1. The third-order valence-corrected chi connectivity index (χ3v) is 5.07. The molecule has 0 amide bonds. The minimum atomic E-state index is -0.0434. The molecule has 4 nitrogen and oxygen atoms in total. The van der Waals surface area contributed by atoms with E-state index in [1.54, 1.807) is 12.1 Å². The van der Waals surface area contributed by atoms with Crippen molar-refractivity contribution < 1.29 is 9.90 Å². The number of rotatable bonds is 3. The van der Waals surface area contributed by atoms with Gasteiger partial charge in [-0.1, -0.05) is 42.5 Å². The van der Waals surface area contributed by atoms with Crippen LogP contribution in [0.4, 0.5) is 11.4 Å². The first kappa shape index (κ1) is 18.0. The number of anilines is 1. The van der Waals surface area contributed by atoms with E-state index in [2.05, 4.69) is 4.99 Å². The average molecular weight is 370 g/mol. The largest absolute Gasteiger partial charge is 0.511 e. The molecule has 0 aliphatic heterocycles. The molecule has 3 aromatic rings. The summed E-state index contributed by atoms with van der Waals surface area (Å²) in [4.78, 5) is 17.3. The van der Waals surface area contributed by atoms with Crippen LogP contribution in [0.5, 0.6) is 0 Å². The lowest BCUT2D eigenvalue weighted by molar-refractivity contribution is -0.115. The fraction of sp³-hybridized carbons (Fsp3) is 0.167. The van der Waals surface area contributed by atoms with Gasteiger partial charge in [-0.2, -0.15) is 0 Å². The highest BCUT2D eigenvalue weighted by atomic mass is 16.3. The molecule has 1 fully saturated rings. The molecule has 0 spiro atoms. The summed E-state index contributed by atoms with van der Waals surface area (Å²) in [5, 5.41) is 13.1. The molecular weight excluding hydrogens is 348 g/mol. The molecule has 4 heteroatoms. The molecule has 1 aliphatic rings. The van der Waals surface area contributed by atoms with E-state index in [0.717, 1.165) is 28.4 Å². The van der Waals surface area contributed by atoms with Crippen molar-refractivity contribution in [3.8, 4) is 0 Å². The van der Waals surface area contributed by atoms with Gasteiger partial charge in [0.15, 0.2) is 5.78 Å². The Balaban J connectivity index is 1.74. The van der Waals surface area contributed by atoms with E-state index in [1.165, 1.54) is 0 Å². The number of benzene rings is 3. The number of hydrogen-bond donors (Lipinski definition) is 2. The van der Waals surface area contributed by atoms with Gasteiger partial charge in [0, 0.05) is 18.5 Å². The van der Waals surface area contributed by atoms with Crippen molar-refractivity contribution in [3.63, 3.8) is 0 Å². The lowest BCUT2D eigenvalue weighted by Gasteiger charge is -2.18. The summed E-state index contributed by atoms with van der Waals surface area (Å²) in [6, 6.07) is 21.3. The Morgan fingerprint density at radius 2 is 1.71 bits per heavy atom. The van der Waals surface area contributed by atoms with Crippen LogP contribution in [0, 0.1) is 0 Å². The van der Waals surface area contributed by atoms with Gasteiger partial charge in [-0.15, -0.1) is 0 Å². The minimum Gasteiger partial charge on any atom is -0.511 e. The summed E-state index contributed by atoms with van der Waals surface area (Å²) in [7, 11) is 0. The molecule has 1 saturated carbocycles. The number of Topliss-reactive ketones (excluding diaryl/α,β-unsaturated/α-hetero) is 1. The van der Waals surface area contributed by atoms with E-state index in [-0.39, 0.29) is 11.5 Å². The van der Waals surface area contributed by atoms with Crippen LogP contribution in [0.2, 0.25) is 0 Å². The van der Waals surface area contributed by atoms with Crippen LogP contribution in [0.3, 0.4) is 0 Å². The van der Waals surface area contributed by atoms with Crippen molar-refractivity contribution >= 4 is 33.6 Å². The Kier molecular flexibility index (Phi) is 4.94. The van der Waals surface area contributed by atoms with E-state index >= 15 is 0 Å². The number of aliphatic hydroxyl groups is 1. The fourth-order valence-corrected chi connectivity index (χ4v) is 3.69. The third-order valence-electron chi connectivity index (χ3n) is 5.07. The number of ketones is 1. The number of allylic oxidation sites excluding steroid dienone is 2. The molecule has 0 atom stereocenters. The normalized spacial score (nSPS) is 17.9. The van der Waals surface area contributed by atoms with Crippen LogP contribution in [-0.2, 0) is 11.2 Å². The second-order valence-corrected chi connectivity index (χ2v) is 7.06. The van der Waals surface area contributed by atoms with Crippen molar-refractivity contribution in [1.82, 2.24) is 0 Å². The highest BCUT2D eigenvalue weighted by molar-refractivity contribution is 6.24. The molecule has 4 rings (SSSR count). The van der Waals surface area contributed by atoms with Crippen molar-refractivity contribution in [3.05, 3.63) is 83.6 Å². The summed E-state index contributed by atoms with van der Waals surface area (Å²) < 4.78 is 0. The van der Waals surface area contributed by atoms with E-state index < -0.39 is 0 Å². The van der Waals surface area contributed by atoms with Gasteiger partial charge in [-0.05, 0) is 53.4 Å². The quantitative estimate of drug-likeness (QED) is 0.373. The van der Waals surface area contributed by atoms with Gasteiger partial charge in [-0.3, -0.25) is 9.79 Å². The lowest BCUT2D eigenvalue weighted by atomic mass is 9.88. The zero-order chi connectivity index (χ0) is 19.5. The summed E-state index contributed by atoms with van der Waals surface area (Å²) in [6.45, 7) is 0. The van der Waals surface area contributed by atoms with Gasteiger partial charge in [0.1, 0.15) is 5.76 Å². The number of fused-ring (bicyclic) bond motifs is 1. The molecule has 28 heavy (non-hydrogen) atoms. The van der Waals surface area contributed by atoms with Gasteiger partial charge in [-0.25, -0.2) is 0 Å². The number of hydrogen-bond acceptors (Lipinski definition) is 4. The zero-order valence-electron chi connectivity index (χ0n) is 15.6. The Morgan fingerprint density at radius 1 is 0.964 bits per heavy atom. The molecule has 0 heterocycles. The molecule has 3 aromatic carbocycles. The first-order valence-electron chi connectivity index (χ1n) is 9.47. The molecule has 0 aromatic heterocycles. The molecule has 0 bridgehead atoms. The first-order valence-corrected chi connectivity index (χ1v) is 9.47. The summed E-state index contributed by atoms with van der Waals surface area (Å²) in [6.07, 6.45) is 2.17.